The van der Waals surface area contributed by atoms with Crippen molar-refractivity contribution >= 4 is 0 Å². The van der Waals surface area contributed by atoms with E-state index in [2.05, 4.69) is 69.4 Å². The van der Waals surface area contributed by atoms with Crippen LogP contribution in [0, 0.1) is 13.8 Å². The lowest BCUT2D eigenvalue weighted by atomic mass is 10.2. The Bertz CT molecular complexity index is 383. The summed E-state index contributed by atoms with van der Waals surface area (Å²) in [5, 5.41) is 3.57. The van der Waals surface area contributed by atoms with Crippen LogP contribution in [-0.4, -0.2) is 34.6 Å². The Kier molecular flexibility index (Phi) is 6.08. The molecule has 0 atom stereocenters. The van der Waals surface area contributed by atoms with Crippen LogP contribution in [0.5, 0.6) is 0 Å². The summed E-state index contributed by atoms with van der Waals surface area (Å²) in [4.78, 5) is 2.52. The maximum Gasteiger partial charge on any atom is 0.0223 e. The lowest BCUT2D eigenvalue weighted by Crippen LogP contribution is -2.41. The molecule has 110 valence electrons. The van der Waals surface area contributed by atoms with E-state index in [1.165, 1.54) is 17.0 Å². The molecule has 0 spiro atoms. The zero-order valence-corrected chi connectivity index (χ0v) is 13.7. The normalized spacial score (nSPS) is 12.1. The Morgan fingerprint density at radius 1 is 1.16 bits per heavy atom. The third-order valence-corrected chi connectivity index (χ3v) is 4.07. The maximum atomic E-state index is 3.57. The minimum atomic E-state index is 0.613. The Balaban J connectivity index is 2.40. The van der Waals surface area contributed by atoms with Crippen LogP contribution in [0.3, 0.4) is 0 Å². The van der Waals surface area contributed by atoms with Gasteiger partial charge in [-0.3, -0.25) is 4.90 Å². The predicted molar refractivity (Wildman–Crippen MR) is 83.6 cm³/mol. The fourth-order valence-electron chi connectivity index (χ4n) is 2.66. The van der Waals surface area contributed by atoms with Crippen LogP contribution in [-0.2, 0) is 13.6 Å². The summed E-state index contributed by atoms with van der Waals surface area (Å²) in [5.74, 6) is 0. The number of hydrogen-bond acceptors (Lipinski definition) is 2. The fraction of sp³-hybridized carbons (Fsp3) is 0.750. The van der Waals surface area contributed by atoms with Crippen molar-refractivity contribution in [1.29, 1.82) is 0 Å². The molecule has 0 aliphatic rings. The van der Waals surface area contributed by atoms with E-state index < -0.39 is 0 Å². The molecule has 0 amide bonds. The van der Waals surface area contributed by atoms with E-state index >= 15 is 0 Å². The molecule has 0 aliphatic heterocycles. The number of nitrogens with zero attached hydrogens (tertiary/aromatic N) is 2. The van der Waals surface area contributed by atoms with Crippen LogP contribution in [0.2, 0.25) is 0 Å². The van der Waals surface area contributed by atoms with Crippen LogP contribution in [0.25, 0.3) is 0 Å². The van der Waals surface area contributed by atoms with Crippen molar-refractivity contribution in [2.24, 2.45) is 7.05 Å². The molecule has 3 heteroatoms. The SMILES string of the molecule is Cc1cc(CNCCN(C(C)C)C(C)C)c(C)n1C. The minimum Gasteiger partial charge on any atom is -0.352 e. The van der Waals surface area contributed by atoms with E-state index in [0.29, 0.717) is 12.1 Å². The highest BCUT2D eigenvalue weighted by Gasteiger charge is 2.12. The van der Waals surface area contributed by atoms with Crippen molar-refractivity contribution < 1.29 is 0 Å². The molecule has 0 bridgehead atoms. The quantitative estimate of drug-likeness (QED) is 0.765. The van der Waals surface area contributed by atoms with Gasteiger partial charge in [0.2, 0.25) is 0 Å². The number of nitrogens with one attached hydrogen (secondary N) is 1. The third kappa shape index (κ3) is 4.36. The van der Waals surface area contributed by atoms with Gasteiger partial charge in [0.1, 0.15) is 0 Å². The van der Waals surface area contributed by atoms with Gasteiger partial charge in [-0.15, -0.1) is 0 Å². The summed E-state index contributed by atoms with van der Waals surface area (Å²) in [6, 6.07) is 3.51. The molecule has 1 aromatic rings. The van der Waals surface area contributed by atoms with Crippen LogP contribution in [0.1, 0.15) is 44.6 Å². The molecule has 1 heterocycles. The lowest BCUT2D eigenvalue weighted by Gasteiger charge is -2.30. The van der Waals surface area contributed by atoms with Crippen molar-refractivity contribution in [3.8, 4) is 0 Å². The van der Waals surface area contributed by atoms with E-state index in [9.17, 15) is 0 Å². The van der Waals surface area contributed by atoms with E-state index in [-0.39, 0.29) is 0 Å². The van der Waals surface area contributed by atoms with Crippen molar-refractivity contribution in [2.45, 2.75) is 60.2 Å². The van der Waals surface area contributed by atoms with Crippen molar-refractivity contribution in [3.63, 3.8) is 0 Å². The molecule has 1 aromatic heterocycles. The highest BCUT2D eigenvalue weighted by molar-refractivity contribution is 5.26. The molecule has 0 saturated heterocycles. The van der Waals surface area contributed by atoms with Gasteiger partial charge in [0.15, 0.2) is 0 Å². The van der Waals surface area contributed by atoms with Gasteiger partial charge in [-0.2, -0.15) is 0 Å². The van der Waals surface area contributed by atoms with E-state index in [1.807, 2.05) is 0 Å². The van der Waals surface area contributed by atoms with Gasteiger partial charge in [0.25, 0.3) is 0 Å². The molecule has 0 aromatic carbocycles. The molecule has 19 heavy (non-hydrogen) atoms. The first-order chi connectivity index (χ1) is 8.84. The molecule has 1 N–H and O–H groups in total. The van der Waals surface area contributed by atoms with Crippen molar-refractivity contribution in [3.05, 3.63) is 23.0 Å². The first-order valence-corrected chi connectivity index (χ1v) is 7.42. The van der Waals surface area contributed by atoms with Gasteiger partial charge < -0.3 is 9.88 Å². The highest BCUT2D eigenvalue weighted by Crippen LogP contribution is 2.12. The zero-order valence-electron chi connectivity index (χ0n) is 13.7. The first-order valence-electron chi connectivity index (χ1n) is 7.42. The number of rotatable bonds is 7. The molecule has 0 radical (unpaired) electrons. The lowest BCUT2D eigenvalue weighted by molar-refractivity contribution is 0.176. The van der Waals surface area contributed by atoms with Gasteiger partial charge in [0.05, 0.1) is 0 Å². The van der Waals surface area contributed by atoms with Crippen LogP contribution >= 0.6 is 0 Å². The van der Waals surface area contributed by atoms with Crippen LogP contribution < -0.4 is 5.32 Å². The van der Waals surface area contributed by atoms with Crippen molar-refractivity contribution in [2.75, 3.05) is 13.1 Å². The van der Waals surface area contributed by atoms with Gasteiger partial charge in [0, 0.05) is 50.2 Å². The standard InChI is InChI=1S/C16H31N3/c1-12(2)19(13(3)4)9-8-17-11-16-10-14(5)18(7)15(16)6/h10,12-13,17H,8-9,11H2,1-7H3. The summed E-state index contributed by atoms with van der Waals surface area (Å²) >= 11 is 0. The first kappa shape index (κ1) is 16.3. The molecular weight excluding hydrogens is 234 g/mol. The number of aryl methyl sites for hydroxylation is 1. The average Bonchev–Trinajstić information content (AvgIpc) is 2.55. The van der Waals surface area contributed by atoms with E-state index in [0.717, 1.165) is 19.6 Å². The van der Waals surface area contributed by atoms with Crippen molar-refractivity contribution in [1.82, 2.24) is 14.8 Å². The highest BCUT2D eigenvalue weighted by atomic mass is 15.2. The molecule has 0 aliphatic carbocycles. The summed E-state index contributed by atoms with van der Waals surface area (Å²) in [7, 11) is 2.13. The van der Waals surface area contributed by atoms with Gasteiger partial charge in [-0.05, 0) is 53.2 Å². The van der Waals surface area contributed by atoms with E-state index in [4.69, 9.17) is 0 Å². The maximum absolute atomic E-state index is 3.57. The fourth-order valence-corrected chi connectivity index (χ4v) is 2.66. The Labute approximate surface area is 119 Å². The van der Waals surface area contributed by atoms with Gasteiger partial charge in [-0.1, -0.05) is 0 Å². The number of aromatic nitrogens is 1. The smallest absolute Gasteiger partial charge is 0.0223 e. The zero-order chi connectivity index (χ0) is 14.6. The second-order valence-corrected chi connectivity index (χ2v) is 6.06. The van der Waals surface area contributed by atoms with E-state index in [1.54, 1.807) is 0 Å². The predicted octanol–water partition coefficient (Wildman–Crippen LogP) is 2.85. The monoisotopic (exact) mass is 265 g/mol. The molecule has 0 fully saturated rings. The third-order valence-electron chi connectivity index (χ3n) is 4.07. The molecular formula is C16H31N3. The van der Waals surface area contributed by atoms with Crippen LogP contribution in [0.4, 0.5) is 0 Å². The summed E-state index contributed by atoms with van der Waals surface area (Å²) in [5.41, 5.74) is 4.12. The molecule has 0 saturated carbocycles. The van der Waals surface area contributed by atoms with Gasteiger partial charge in [-0.25, -0.2) is 0 Å². The van der Waals surface area contributed by atoms with Gasteiger partial charge >= 0.3 is 0 Å². The Morgan fingerprint density at radius 3 is 2.16 bits per heavy atom. The molecule has 0 unspecified atom stereocenters. The summed E-state index contributed by atoms with van der Waals surface area (Å²) in [6.07, 6.45) is 0. The Hall–Kier alpha value is -0.800. The summed E-state index contributed by atoms with van der Waals surface area (Å²) < 4.78 is 2.26. The summed E-state index contributed by atoms with van der Waals surface area (Å²) in [6.45, 7) is 16.6. The minimum absolute atomic E-state index is 0.613. The average molecular weight is 265 g/mol. The second kappa shape index (κ2) is 7.11. The second-order valence-electron chi connectivity index (χ2n) is 6.06. The Morgan fingerprint density at radius 2 is 1.74 bits per heavy atom. The van der Waals surface area contributed by atoms with Crippen LogP contribution in [0.15, 0.2) is 6.07 Å². The topological polar surface area (TPSA) is 20.2 Å². The number of hydrogen-bond donors (Lipinski definition) is 1. The molecule has 1 rings (SSSR count). The largest absolute Gasteiger partial charge is 0.352 e. The molecule has 3 nitrogen and oxygen atoms in total.